The molecule has 1 aliphatic heterocycles. The molecule has 1 heterocycles. The van der Waals surface area contributed by atoms with Gasteiger partial charge in [-0.25, -0.2) is 0 Å². The zero-order valence-electron chi connectivity index (χ0n) is 4.70. The van der Waals surface area contributed by atoms with E-state index in [1.165, 1.54) is 13.0 Å². The van der Waals surface area contributed by atoms with E-state index in [0.717, 1.165) is 6.54 Å². The molecule has 2 heteroatoms. The standard InChI is InChI=1S/C5H12N2/c1-2-3-6-5-4-7-5/h5-7H,2-4H2,1H3. The molecule has 0 radical (unpaired) electrons. The molecule has 2 nitrogen and oxygen atoms in total. The third kappa shape index (κ3) is 1.90. The Balaban J connectivity index is 1.80. The van der Waals surface area contributed by atoms with Crippen molar-refractivity contribution in [3.8, 4) is 0 Å². The Morgan fingerprint density at radius 2 is 2.57 bits per heavy atom. The van der Waals surface area contributed by atoms with Gasteiger partial charge in [0.1, 0.15) is 0 Å². The molecule has 1 unspecified atom stereocenters. The first-order valence-electron chi connectivity index (χ1n) is 2.90. The lowest BCUT2D eigenvalue weighted by atomic mass is 10.5. The zero-order valence-corrected chi connectivity index (χ0v) is 4.70. The van der Waals surface area contributed by atoms with Gasteiger partial charge in [0.05, 0.1) is 6.17 Å². The smallest absolute Gasteiger partial charge is 0.0702 e. The van der Waals surface area contributed by atoms with Crippen molar-refractivity contribution in [2.45, 2.75) is 19.5 Å². The van der Waals surface area contributed by atoms with E-state index in [9.17, 15) is 0 Å². The van der Waals surface area contributed by atoms with Gasteiger partial charge in [-0.15, -0.1) is 0 Å². The topological polar surface area (TPSA) is 34.0 Å². The Morgan fingerprint density at radius 3 is 3.00 bits per heavy atom. The SMILES string of the molecule is CCCNC1CN1. The van der Waals surface area contributed by atoms with Crippen LogP contribution in [-0.4, -0.2) is 19.3 Å². The summed E-state index contributed by atoms with van der Waals surface area (Å²) in [6, 6.07) is 0. The highest BCUT2D eigenvalue weighted by atomic mass is 15.3. The maximum atomic E-state index is 3.30. The molecule has 1 rings (SSSR count). The molecule has 0 spiro atoms. The first kappa shape index (κ1) is 5.06. The number of rotatable bonds is 3. The summed E-state index contributed by atoms with van der Waals surface area (Å²) in [7, 11) is 0. The molecule has 42 valence electrons. The molecular weight excluding hydrogens is 88.1 g/mol. The minimum Gasteiger partial charge on any atom is -0.301 e. The summed E-state index contributed by atoms with van der Waals surface area (Å²) in [5, 5.41) is 6.45. The number of hydrogen-bond donors (Lipinski definition) is 2. The highest BCUT2D eigenvalue weighted by Gasteiger charge is 2.16. The maximum Gasteiger partial charge on any atom is 0.0702 e. The third-order valence-electron chi connectivity index (χ3n) is 1.05. The second-order valence-electron chi connectivity index (χ2n) is 1.91. The molecule has 1 aliphatic rings. The molecule has 1 atom stereocenters. The first-order valence-corrected chi connectivity index (χ1v) is 2.90. The van der Waals surface area contributed by atoms with Gasteiger partial charge in [-0.3, -0.25) is 5.32 Å². The van der Waals surface area contributed by atoms with Crippen molar-refractivity contribution in [1.82, 2.24) is 10.6 Å². The van der Waals surface area contributed by atoms with Gasteiger partial charge in [0, 0.05) is 6.54 Å². The quantitative estimate of drug-likeness (QED) is 0.486. The molecule has 7 heavy (non-hydrogen) atoms. The highest BCUT2D eigenvalue weighted by molar-refractivity contribution is 4.79. The fraction of sp³-hybridized carbons (Fsp3) is 1.00. The molecule has 0 saturated carbocycles. The second-order valence-corrected chi connectivity index (χ2v) is 1.91. The van der Waals surface area contributed by atoms with Crippen molar-refractivity contribution >= 4 is 0 Å². The van der Waals surface area contributed by atoms with E-state index < -0.39 is 0 Å². The lowest BCUT2D eigenvalue weighted by molar-refractivity contribution is 0.663. The fourth-order valence-electron chi connectivity index (χ4n) is 0.522. The largest absolute Gasteiger partial charge is 0.301 e. The Hall–Kier alpha value is -0.0800. The van der Waals surface area contributed by atoms with Crippen LogP contribution in [0.2, 0.25) is 0 Å². The van der Waals surface area contributed by atoms with E-state index in [4.69, 9.17) is 0 Å². The van der Waals surface area contributed by atoms with E-state index >= 15 is 0 Å². The van der Waals surface area contributed by atoms with Crippen molar-refractivity contribution < 1.29 is 0 Å². The van der Waals surface area contributed by atoms with Gasteiger partial charge < -0.3 is 5.32 Å². The van der Waals surface area contributed by atoms with Crippen molar-refractivity contribution in [3.63, 3.8) is 0 Å². The van der Waals surface area contributed by atoms with Crippen LogP contribution >= 0.6 is 0 Å². The molecule has 0 aromatic heterocycles. The normalized spacial score (nSPS) is 27.9. The third-order valence-corrected chi connectivity index (χ3v) is 1.05. The predicted molar refractivity (Wildman–Crippen MR) is 30.1 cm³/mol. The summed E-state index contributed by atoms with van der Waals surface area (Å²) < 4.78 is 0. The van der Waals surface area contributed by atoms with Gasteiger partial charge in [-0.1, -0.05) is 6.92 Å². The second kappa shape index (κ2) is 2.28. The Kier molecular flexibility index (Phi) is 1.65. The van der Waals surface area contributed by atoms with Crippen LogP contribution in [0.4, 0.5) is 0 Å². The van der Waals surface area contributed by atoms with Gasteiger partial charge in [-0.2, -0.15) is 0 Å². The maximum absolute atomic E-state index is 3.30. The van der Waals surface area contributed by atoms with Crippen molar-refractivity contribution in [2.24, 2.45) is 0 Å². The van der Waals surface area contributed by atoms with Crippen LogP contribution in [0.5, 0.6) is 0 Å². The zero-order chi connectivity index (χ0) is 5.11. The molecule has 1 saturated heterocycles. The fourth-order valence-corrected chi connectivity index (χ4v) is 0.522. The molecule has 0 aromatic rings. The van der Waals surface area contributed by atoms with E-state index in [1.54, 1.807) is 0 Å². The van der Waals surface area contributed by atoms with Crippen molar-refractivity contribution in [3.05, 3.63) is 0 Å². The molecule has 1 fully saturated rings. The average molecular weight is 100 g/mol. The Labute approximate surface area is 44.3 Å². The summed E-state index contributed by atoms with van der Waals surface area (Å²) in [5.74, 6) is 0. The van der Waals surface area contributed by atoms with Crippen LogP contribution in [0, 0.1) is 0 Å². The lowest BCUT2D eigenvalue weighted by Gasteiger charge is -1.93. The Morgan fingerprint density at radius 1 is 1.86 bits per heavy atom. The van der Waals surface area contributed by atoms with Gasteiger partial charge >= 0.3 is 0 Å². The van der Waals surface area contributed by atoms with E-state index in [-0.39, 0.29) is 0 Å². The summed E-state index contributed by atoms with van der Waals surface area (Å²) in [5.41, 5.74) is 0. The highest BCUT2D eigenvalue weighted by Crippen LogP contribution is 1.88. The van der Waals surface area contributed by atoms with Crippen LogP contribution in [0.15, 0.2) is 0 Å². The van der Waals surface area contributed by atoms with Gasteiger partial charge in [0.25, 0.3) is 0 Å². The monoisotopic (exact) mass is 100 g/mol. The summed E-state index contributed by atoms with van der Waals surface area (Å²) in [4.78, 5) is 0. The summed E-state index contributed by atoms with van der Waals surface area (Å²) >= 11 is 0. The van der Waals surface area contributed by atoms with Crippen LogP contribution < -0.4 is 10.6 Å². The molecule has 2 N–H and O–H groups in total. The number of nitrogens with one attached hydrogen (secondary N) is 2. The average Bonchev–Trinajstić information content (AvgIpc) is 2.42. The van der Waals surface area contributed by atoms with Gasteiger partial charge in [0.2, 0.25) is 0 Å². The van der Waals surface area contributed by atoms with Crippen LogP contribution in [0.25, 0.3) is 0 Å². The summed E-state index contributed by atoms with van der Waals surface area (Å²) in [6.45, 7) is 4.49. The summed E-state index contributed by atoms with van der Waals surface area (Å²) in [6.07, 6.45) is 1.89. The Bertz CT molecular complexity index is 50.0. The van der Waals surface area contributed by atoms with Crippen LogP contribution in [0.1, 0.15) is 13.3 Å². The number of hydrogen-bond acceptors (Lipinski definition) is 2. The van der Waals surface area contributed by atoms with Crippen LogP contribution in [-0.2, 0) is 0 Å². The molecule has 0 amide bonds. The van der Waals surface area contributed by atoms with Crippen LogP contribution in [0.3, 0.4) is 0 Å². The van der Waals surface area contributed by atoms with Gasteiger partial charge in [-0.05, 0) is 13.0 Å². The molecular formula is C5H12N2. The minimum absolute atomic E-state index is 0.653. The van der Waals surface area contributed by atoms with E-state index in [2.05, 4.69) is 17.6 Å². The van der Waals surface area contributed by atoms with Crippen molar-refractivity contribution in [2.75, 3.05) is 13.1 Å². The van der Waals surface area contributed by atoms with Gasteiger partial charge in [0.15, 0.2) is 0 Å². The first-order chi connectivity index (χ1) is 3.43. The molecule has 0 aliphatic carbocycles. The minimum atomic E-state index is 0.653. The molecule has 0 aromatic carbocycles. The predicted octanol–water partition coefficient (Wildman–Crippen LogP) is -0.0847. The van der Waals surface area contributed by atoms with E-state index in [0.29, 0.717) is 6.17 Å². The van der Waals surface area contributed by atoms with E-state index in [1.807, 2.05) is 0 Å². The molecule has 0 bridgehead atoms. The van der Waals surface area contributed by atoms with Crippen molar-refractivity contribution in [1.29, 1.82) is 0 Å². The lowest BCUT2D eigenvalue weighted by Crippen LogP contribution is -2.20.